The maximum absolute atomic E-state index is 11.7. The SMILES string of the molecule is O=C(NCc1ccno1)C1CCCCC1. The molecule has 1 aliphatic rings. The lowest BCUT2D eigenvalue weighted by Gasteiger charge is -2.20. The minimum Gasteiger partial charge on any atom is -0.360 e. The number of amides is 1. The van der Waals surface area contributed by atoms with Gasteiger partial charge in [0.05, 0.1) is 12.7 Å². The lowest BCUT2D eigenvalue weighted by Crippen LogP contribution is -2.31. The van der Waals surface area contributed by atoms with Crippen LogP contribution in [0.5, 0.6) is 0 Å². The van der Waals surface area contributed by atoms with Crippen LogP contribution in [0.3, 0.4) is 0 Å². The number of nitrogens with one attached hydrogen (secondary N) is 1. The van der Waals surface area contributed by atoms with E-state index in [1.165, 1.54) is 19.3 Å². The molecular formula is C11H16N2O2. The molecule has 1 aliphatic carbocycles. The first-order valence-electron chi connectivity index (χ1n) is 5.53. The smallest absolute Gasteiger partial charge is 0.223 e. The van der Waals surface area contributed by atoms with Crippen LogP contribution in [-0.4, -0.2) is 11.1 Å². The lowest BCUT2D eigenvalue weighted by molar-refractivity contribution is -0.126. The van der Waals surface area contributed by atoms with Crippen molar-refractivity contribution < 1.29 is 9.32 Å². The van der Waals surface area contributed by atoms with Crippen molar-refractivity contribution in [3.8, 4) is 0 Å². The lowest BCUT2D eigenvalue weighted by atomic mass is 9.89. The van der Waals surface area contributed by atoms with Gasteiger partial charge in [0.1, 0.15) is 0 Å². The second-order valence-corrected chi connectivity index (χ2v) is 4.03. The summed E-state index contributed by atoms with van der Waals surface area (Å²) in [7, 11) is 0. The van der Waals surface area contributed by atoms with Crippen molar-refractivity contribution in [2.45, 2.75) is 38.6 Å². The van der Waals surface area contributed by atoms with E-state index in [0.717, 1.165) is 12.8 Å². The van der Waals surface area contributed by atoms with E-state index in [9.17, 15) is 4.79 Å². The van der Waals surface area contributed by atoms with Gasteiger partial charge in [0.15, 0.2) is 5.76 Å². The summed E-state index contributed by atoms with van der Waals surface area (Å²) in [5, 5.41) is 6.47. The van der Waals surface area contributed by atoms with Crippen molar-refractivity contribution >= 4 is 5.91 Å². The molecule has 2 rings (SSSR count). The van der Waals surface area contributed by atoms with Gasteiger partial charge >= 0.3 is 0 Å². The van der Waals surface area contributed by atoms with Crippen molar-refractivity contribution in [3.63, 3.8) is 0 Å². The molecule has 0 bridgehead atoms. The van der Waals surface area contributed by atoms with Crippen molar-refractivity contribution in [1.29, 1.82) is 0 Å². The topological polar surface area (TPSA) is 55.1 Å². The average Bonchev–Trinajstić information content (AvgIpc) is 2.80. The van der Waals surface area contributed by atoms with Gasteiger partial charge in [-0.3, -0.25) is 4.79 Å². The molecule has 1 fully saturated rings. The van der Waals surface area contributed by atoms with Crippen LogP contribution in [0.25, 0.3) is 0 Å². The van der Waals surface area contributed by atoms with Crippen LogP contribution in [0.15, 0.2) is 16.8 Å². The second-order valence-electron chi connectivity index (χ2n) is 4.03. The zero-order valence-electron chi connectivity index (χ0n) is 8.74. The van der Waals surface area contributed by atoms with Gasteiger partial charge in [-0.25, -0.2) is 0 Å². The standard InChI is InChI=1S/C11H16N2O2/c14-11(9-4-2-1-3-5-9)12-8-10-6-7-13-15-10/h6-7,9H,1-5,8H2,(H,12,14). The first-order valence-corrected chi connectivity index (χ1v) is 5.53. The fraction of sp³-hybridized carbons (Fsp3) is 0.636. The molecule has 4 nitrogen and oxygen atoms in total. The van der Waals surface area contributed by atoms with E-state index in [1.54, 1.807) is 12.3 Å². The molecule has 1 aromatic rings. The molecule has 1 heterocycles. The average molecular weight is 208 g/mol. The quantitative estimate of drug-likeness (QED) is 0.825. The molecule has 0 spiro atoms. The number of carbonyl (C=O) groups is 1. The van der Waals surface area contributed by atoms with E-state index in [2.05, 4.69) is 10.5 Å². The Morgan fingerprint density at radius 3 is 2.93 bits per heavy atom. The van der Waals surface area contributed by atoms with Gasteiger partial charge in [-0.05, 0) is 12.8 Å². The third kappa shape index (κ3) is 2.81. The molecule has 1 N–H and O–H groups in total. The largest absolute Gasteiger partial charge is 0.360 e. The van der Waals surface area contributed by atoms with Crippen molar-refractivity contribution in [3.05, 3.63) is 18.0 Å². The van der Waals surface area contributed by atoms with E-state index >= 15 is 0 Å². The minimum absolute atomic E-state index is 0.158. The molecule has 0 aromatic carbocycles. The molecule has 0 atom stereocenters. The summed E-state index contributed by atoms with van der Waals surface area (Å²) in [6, 6.07) is 1.77. The van der Waals surface area contributed by atoms with Crippen molar-refractivity contribution in [1.82, 2.24) is 10.5 Å². The van der Waals surface area contributed by atoms with Crippen LogP contribution in [0.4, 0.5) is 0 Å². The summed E-state index contributed by atoms with van der Waals surface area (Å²) in [5.74, 6) is 1.08. The summed E-state index contributed by atoms with van der Waals surface area (Å²) in [6.07, 6.45) is 7.28. The molecule has 1 saturated carbocycles. The third-order valence-corrected chi connectivity index (χ3v) is 2.90. The van der Waals surface area contributed by atoms with Gasteiger partial charge in [-0.1, -0.05) is 24.4 Å². The minimum atomic E-state index is 0.158. The predicted octanol–water partition coefficient (Wildman–Crippen LogP) is 1.87. The first-order chi connectivity index (χ1) is 7.36. The Morgan fingerprint density at radius 1 is 1.47 bits per heavy atom. The van der Waals surface area contributed by atoms with Gasteiger partial charge in [0, 0.05) is 12.0 Å². The van der Waals surface area contributed by atoms with Crippen LogP contribution >= 0.6 is 0 Å². The summed E-state index contributed by atoms with van der Waals surface area (Å²) in [6.45, 7) is 0.454. The highest BCUT2D eigenvalue weighted by atomic mass is 16.5. The van der Waals surface area contributed by atoms with Gasteiger partial charge in [0.2, 0.25) is 5.91 Å². The number of hydrogen-bond donors (Lipinski definition) is 1. The van der Waals surface area contributed by atoms with E-state index < -0.39 is 0 Å². The fourth-order valence-corrected chi connectivity index (χ4v) is 2.02. The Balaban J connectivity index is 1.76. The van der Waals surface area contributed by atoms with E-state index in [0.29, 0.717) is 12.3 Å². The number of rotatable bonds is 3. The molecular weight excluding hydrogens is 192 g/mol. The highest BCUT2D eigenvalue weighted by Gasteiger charge is 2.20. The molecule has 82 valence electrons. The molecule has 4 heteroatoms. The molecule has 0 aliphatic heterocycles. The van der Waals surface area contributed by atoms with Crippen LogP contribution in [0.1, 0.15) is 37.9 Å². The number of hydrogen-bond acceptors (Lipinski definition) is 3. The normalized spacial score (nSPS) is 17.6. The van der Waals surface area contributed by atoms with Crippen LogP contribution < -0.4 is 5.32 Å². The van der Waals surface area contributed by atoms with Gasteiger partial charge in [-0.15, -0.1) is 0 Å². The summed E-state index contributed by atoms with van der Waals surface area (Å²) < 4.78 is 4.91. The highest BCUT2D eigenvalue weighted by Crippen LogP contribution is 2.23. The van der Waals surface area contributed by atoms with Gasteiger partial charge in [-0.2, -0.15) is 0 Å². The van der Waals surface area contributed by atoms with Gasteiger partial charge in [0.25, 0.3) is 0 Å². The summed E-state index contributed by atoms with van der Waals surface area (Å²) in [5.41, 5.74) is 0. The Labute approximate surface area is 89.0 Å². The van der Waals surface area contributed by atoms with Crippen LogP contribution in [0, 0.1) is 5.92 Å². The third-order valence-electron chi connectivity index (χ3n) is 2.90. The maximum Gasteiger partial charge on any atom is 0.223 e. The summed E-state index contributed by atoms with van der Waals surface area (Å²) >= 11 is 0. The van der Waals surface area contributed by atoms with Crippen molar-refractivity contribution in [2.75, 3.05) is 0 Å². The molecule has 0 unspecified atom stereocenters. The van der Waals surface area contributed by atoms with Gasteiger partial charge < -0.3 is 9.84 Å². The molecule has 0 saturated heterocycles. The molecule has 1 aromatic heterocycles. The van der Waals surface area contributed by atoms with Crippen LogP contribution in [-0.2, 0) is 11.3 Å². The molecule has 1 amide bonds. The van der Waals surface area contributed by atoms with Crippen LogP contribution in [0.2, 0.25) is 0 Å². The second kappa shape index (κ2) is 4.96. The Kier molecular flexibility index (Phi) is 3.37. The molecule has 0 radical (unpaired) electrons. The van der Waals surface area contributed by atoms with E-state index in [4.69, 9.17) is 4.52 Å². The zero-order chi connectivity index (χ0) is 10.5. The monoisotopic (exact) mass is 208 g/mol. The Hall–Kier alpha value is -1.32. The number of aromatic nitrogens is 1. The summed E-state index contributed by atoms with van der Waals surface area (Å²) in [4.78, 5) is 11.7. The number of carbonyl (C=O) groups excluding carboxylic acids is 1. The van der Waals surface area contributed by atoms with Crippen molar-refractivity contribution in [2.24, 2.45) is 5.92 Å². The van der Waals surface area contributed by atoms with E-state index in [1.807, 2.05) is 0 Å². The Bertz CT molecular complexity index is 302. The number of nitrogens with zero attached hydrogens (tertiary/aromatic N) is 1. The Morgan fingerprint density at radius 2 is 2.27 bits per heavy atom. The zero-order valence-corrected chi connectivity index (χ0v) is 8.74. The van der Waals surface area contributed by atoms with E-state index in [-0.39, 0.29) is 11.8 Å². The maximum atomic E-state index is 11.7. The molecule has 15 heavy (non-hydrogen) atoms. The first kappa shape index (κ1) is 10.2. The fourth-order valence-electron chi connectivity index (χ4n) is 2.02. The predicted molar refractivity (Wildman–Crippen MR) is 54.9 cm³/mol. The highest BCUT2D eigenvalue weighted by molar-refractivity contribution is 5.78.